The van der Waals surface area contributed by atoms with Crippen LogP contribution in [0.1, 0.15) is 0 Å². The molecule has 5 aromatic heterocycles. The molecule has 0 amide bonds. The van der Waals surface area contributed by atoms with E-state index in [2.05, 4.69) is 155 Å². The van der Waals surface area contributed by atoms with Crippen LogP contribution in [0, 0.1) is 0 Å². The van der Waals surface area contributed by atoms with E-state index in [1.54, 1.807) is 0 Å². The van der Waals surface area contributed by atoms with Crippen LogP contribution in [0.15, 0.2) is 238 Å². The molecule has 0 N–H and O–H groups in total. The van der Waals surface area contributed by atoms with Crippen LogP contribution in [-0.2, 0) is 0 Å². The Kier molecular flexibility index (Phi) is 8.23. The predicted octanol–water partition coefficient (Wildman–Crippen LogP) is 16.2. The second-order valence-electron chi connectivity index (χ2n) is 17.9. The van der Waals surface area contributed by atoms with E-state index < -0.39 is 0 Å². The highest BCUT2D eigenvalue weighted by atomic mass is 16.3. The zero-order valence-corrected chi connectivity index (χ0v) is 37.4. The summed E-state index contributed by atoms with van der Waals surface area (Å²) >= 11 is 0. The third-order valence-electron chi connectivity index (χ3n) is 14.0. The van der Waals surface area contributed by atoms with Gasteiger partial charge in [0.05, 0.1) is 27.5 Å². The maximum Gasteiger partial charge on any atom is 0.311 e. The third kappa shape index (κ3) is 5.79. The lowest BCUT2D eigenvalue weighted by Gasteiger charge is -2.10. The summed E-state index contributed by atoms with van der Waals surface area (Å²) in [5, 5.41) is 8.33. The molecule has 70 heavy (non-hydrogen) atoms. The van der Waals surface area contributed by atoms with E-state index in [4.69, 9.17) is 23.2 Å². The summed E-state index contributed by atoms with van der Waals surface area (Å²) in [6, 6.07) is 76.2. The molecule has 326 valence electrons. The molecule has 0 unspecified atom stereocenters. The number of aromatic nitrogens is 4. The number of fused-ring (bicyclic) bond motifs is 12. The third-order valence-corrected chi connectivity index (χ3v) is 14.0. The Morgan fingerprint density at radius 1 is 0.371 bits per heavy atom. The van der Waals surface area contributed by atoms with Crippen LogP contribution in [0.3, 0.4) is 0 Å². The first-order chi connectivity index (χ1) is 34.7. The van der Waals surface area contributed by atoms with Crippen molar-refractivity contribution < 1.29 is 17.8 Å². The van der Waals surface area contributed by atoms with Crippen LogP contribution in [0.5, 0.6) is 0 Å². The Morgan fingerprint density at radius 2 is 0.943 bits per heavy atom. The summed E-state index contributed by atoms with van der Waals surface area (Å²) in [5.41, 5.74) is 15.2. The first kappa shape index (κ1) is 38.5. The van der Waals surface area contributed by atoms with Gasteiger partial charge < -0.3 is 17.8 Å². The zero-order chi connectivity index (χ0) is 45.9. The second kappa shape index (κ2) is 15.0. The van der Waals surface area contributed by atoms with Crippen molar-refractivity contribution in [3.63, 3.8) is 0 Å². The highest BCUT2D eigenvalue weighted by Gasteiger charge is 2.28. The first-order valence-corrected chi connectivity index (χ1v) is 23.5. The van der Waals surface area contributed by atoms with Gasteiger partial charge >= 0.3 is 5.82 Å². The molecule has 0 radical (unpaired) electrons. The van der Waals surface area contributed by atoms with Gasteiger partial charge in [-0.1, -0.05) is 143 Å². The summed E-state index contributed by atoms with van der Waals surface area (Å²) in [6.07, 6.45) is 1.89. The molecular formula is C63H37N4O3+. The minimum Gasteiger partial charge on any atom is -0.456 e. The van der Waals surface area contributed by atoms with Gasteiger partial charge in [-0.3, -0.25) is 0 Å². The van der Waals surface area contributed by atoms with E-state index in [1.165, 1.54) is 33.0 Å². The number of furan rings is 3. The topological polar surface area (TPSA) is 74.0 Å². The van der Waals surface area contributed by atoms with Gasteiger partial charge in [0.2, 0.25) is 6.33 Å². The van der Waals surface area contributed by atoms with E-state index in [1.807, 2.05) is 79.1 Å². The molecule has 0 atom stereocenters. The molecule has 0 aliphatic carbocycles. The fraction of sp³-hybridized carbons (Fsp3) is 0. The largest absolute Gasteiger partial charge is 0.456 e. The number of para-hydroxylation sites is 3. The molecule has 0 saturated carbocycles. The molecular weight excluding hydrogens is 861 g/mol. The number of hydrogen-bond donors (Lipinski definition) is 0. The SMILES string of the molecule is c1ccc(-c2ccc3c(c2)c2cc(-c4ccccc4)ccc2n3-c2ccc3oc4cccc(-[n+]5cnc(-c6cccc7c6oc6ccccc67)nc5-c5cccc6oc7ccccc7c56)c4c3c2)cc1. The van der Waals surface area contributed by atoms with Gasteiger partial charge in [0.15, 0.2) is 0 Å². The lowest BCUT2D eigenvalue weighted by Crippen LogP contribution is -2.35. The van der Waals surface area contributed by atoms with E-state index >= 15 is 0 Å². The summed E-state index contributed by atoms with van der Waals surface area (Å²) in [5.74, 6) is 1.24. The highest BCUT2D eigenvalue weighted by molar-refractivity contribution is 6.15. The quantitative estimate of drug-likeness (QED) is 0.155. The molecule has 0 spiro atoms. The molecule has 7 heteroatoms. The van der Waals surface area contributed by atoms with Crippen molar-refractivity contribution in [3.8, 4) is 56.4 Å². The van der Waals surface area contributed by atoms with E-state index in [0.717, 1.165) is 99.4 Å². The Labute approximate surface area is 399 Å². The van der Waals surface area contributed by atoms with Crippen molar-refractivity contribution in [2.45, 2.75) is 0 Å². The van der Waals surface area contributed by atoms with Gasteiger partial charge in [0.25, 0.3) is 5.82 Å². The predicted molar refractivity (Wildman–Crippen MR) is 281 cm³/mol. The molecule has 0 bridgehead atoms. The average Bonchev–Trinajstić information content (AvgIpc) is 4.20. The summed E-state index contributed by atoms with van der Waals surface area (Å²) in [6.45, 7) is 0. The molecule has 10 aromatic carbocycles. The number of hydrogen-bond acceptors (Lipinski definition) is 5. The lowest BCUT2D eigenvalue weighted by molar-refractivity contribution is -0.588. The number of benzene rings is 10. The standard InChI is InChI=1S/C63H37N4O3/c1-3-14-38(15-4-1)40-28-31-51-48(34-40)49-35-41(39-16-5-2-6-17-39)29-32-52(49)67(51)42-30-33-56-50(36-42)60-53(23-13-27-58(60)69-56)66-37-64-62(47-22-11-20-44-43-18-7-9-24-54(43)70-61(44)47)65-63(66)46-21-12-26-57-59(46)45-19-8-10-25-55(45)68-57/h1-37H/q+1. The minimum absolute atomic E-state index is 0.546. The van der Waals surface area contributed by atoms with Crippen molar-refractivity contribution in [2.75, 3.05) is 0 Å². The number of nitrogens with zero attached hydrogens (tertiary/aromatic N) is 4. The van der Waals surface area contributed by atoms with Crippen molar-refractivity contribution >= 4 is 87.6 Å². The van der Waals surface area contributed by atoms with Crippen LogP contribution in [0.25, 0.3) is 144 Å². The minimum atomic E-state index is 0.546. The number of rotatable bonds is 6. The fourth-order valence-corrected chi connectivity index (χ4v) is 10.8. The van der Waals surface area contributed by atoms with Gasteiger partial charge in [0.1, 0.15) is 39.2 Å². The molecule has 0 aliphatic rings. The molecule has 0 fully saturated rings. The Bertz CT molecular complexity index is 4500. The molecule has 5 heterocycles. The van der Waals surface area contributed by atoms with Crippen molar-refractivity contribution in [1.29, 1.82) is 0 Å². The van der Waals surface area contributed by atoms with Crippen LogP contribution in [0.4, 0.5) is 0 Å². The summed E-state index contributed by atoms with van der Waals surface area (Å²) in [4.78, 5) is 10.7. The Balaban J connectivity index is 0.971. The first-order valence-electron chi connectivity index (χ1n) is 23.5. The van der Waals surface area contributed by atoms with Crippen molar-refractivity contribution in [3.05, 3.63) is 225 Å². The van der Waals surface area contributed by atoms with Gasteiger partial charge in [0, 0.05) is 43.4 Å². The Morgan fingerprint density at radius 3 is 1.67 bits per heavy atom. The molecule has 0 saturated heterocycles. The van der Waals surface area contributed by atoms with Crippen LogP contribution < -0.4 is 4.57 Å². The van der Waals surface area contributed by atoms with Crippen molar-refractivity contribution in [2.24, 2.45) is 0 Å². The molecule has 15 rings (SSSR count). The van der Waals surface area contributed by atoms with Crippen LogP contribution >= 0.6 is 0 Å². The fourth-order valence-electron chi connectivity index (χ4n) is 10.8. The Hall–Kier alpha value is -9.59. The highest BCUT2D eigenvalue weighted by Crippen LogP contribution is 2.42. The van der Waals surface area contributed by atoms with E-state index in [-0.39, 0.29) is 0 Å². The average molecular weight is 898 g/mol. The molecule has 15 aromatic rings. The molecule has 7 nitrogen and oxygen atoms in total. The van der Waals surface area contributed by atoms with E-state index in [0.29, 0.717) is 11.6 Å². The maximum absolute atomic E-state index is 6.73. The second-order valence-corrected chi connectivity index (χ2v) is 17.9. The summed E-state index contributed by atoms with van der Waals surface area (Å²) in [7, 11) is 0. The van der Waals surface area contributed by atoms with Gasteiger partial charge in [-0.15, -0.1) is 0 Å². The van der Waals surface area contributed by atoms with Gasteiger partial charge in [-0.25, -0.2) is 0 Å². The monoisotopic (exact) mass is 897 g/mol. The lowest BCUT2D eigenvalue weighted by atomic mass is 10.0. The maximum atomic E-state index is 6.73. The van der Waals surface area contributed by atoms with Gasteiger partial charge in [-0.2, -0.15) is 4.57 Å². The summed E-state index contributed by atoms with van der Waals surface area (Å²) < 4.78 is 24.2. The normalized spacial score (nSPS) is 12.0. The molecule has 0 aliphatic heterocycles. The van der Waals surface area contributed by atoms with Crippen LogP contribution in [-0.4, -0.2) is 14.5 Å². The van der Waals surface area contributed by atoms with E-state index in [9.17, 15) is 0 Å². The smallest absolute Gasteiger partial charge is 0.311 e. The van der Waals surface area contributed by atoms with Crippen molar-refractivity contribution in [1.82, 2.24) is 14.5 Å². The zero-order valence-electron chi connectivity index (χ0n) is 37.4. The van der Waals surface area contributed by atoms with Crippen LogP contribution in [0.2, 0.25) is 0 Å². The van der Waals surface area contributed by atoms with Gasteiger partial charge in [-0.05, 0) is 107 Å².